The van der Waals surface area contributed by atoms with Crippen molar-refractivity contribution in [2.24, 2.45) is 0 Å². The predicted molar refractivity (Wildman–Crippen MR) is 47.8 cm³/mol. The van der Waals surface area contributed by atoms with Crippen LogP contribution in [0, 0.1) is 11.6 Å². The van der Waals surface area contributed by atoms with Gasteiger partial charge in [-0.15, -0.1) is 11.6 Å². The normalized spacial score (nSPS) is 11.0. The molecule has 2 aromatic rings. The number of H-pyrrole nitrogens is 1. The topological polar surface area (TPSA) is 15.8 Å². The summed E-state index contributed by atoms with van der Waals surface area (Å²) in [7, 11) is 0. The van der Waals surface area contributed by atoms with Crippen molar-refractivity contribution in [1.29, 1.82) is 0 Å². The van der Waals surface area contributed by atoms with Crippen LogP contribution < -0.4 is 0 Å². The molecule has 0 radical (unpaired) electrons. The van der Waals surface area contributed by atoms with Gasteiger partial charge in [-0.05, 0) is 17.7 Å². The van der Waals surface area contributed by atoms with E-state index in [-0.39, 0.29) is 16.8 Å². The molecule has 1 aromatic heterocycles. The number of nitrogens with one attached hydrogen (secondary N) is 1. The predicted octanol–water partition coefficient (Wildman–Crippen LogP) is 3.18. The SMILES string of the molecule is Fc1ccc(F)c2c(CCl)c[nH]c12. The Bertz CT molecular complexity index is 450. The van der Waals surface area contributed by atoms with Gasteiger partial charge in [0.2, 0.25) is 0 Å². The van der Waals surface area contributed by atoms with Gasteiger partial charge >= 0.3 is 0 Å². The van der Waals surface area contributed by atoms with Gasteiger partial charge < -0.3 is 4.98 Å². The number of fused-ring (bicyclic) bond motifs is 1. The highest BCUT2D eigenvalue weighted by Gasteiger charge is 2.11. The van der Waals surface area contributed by atoms with Crippen molar-refractivity contribution in [1.82, 2.24) is 4.98 Å². The number of benzene rings is 1. The zero-order valence-electron chi connectivity index (χ0n) is 6.57. The van der Waals surface area contributed by atoms with Crippen LogP contribution in [0.1, 0.15) is 5.56 Å². The molecule has 0 unspecified atom stereocenters. The fraction of sp³-hybridized carbons (Fsp3) is 0.111. The van der Waals surface area contributed by atoms with Crippen LogP contribution in [0.2, 0.25) is 0 Å². The van der Waals surface area contributed by atoms with Gasteiger partial charge in [0.25, 0.3) is 0 Å². The minimum absolute atomic E-state index is 0.167. The average molecular weight is 202 g/mol. The number of aromatic nitrogens is 1. The molecule has 0 aliphatic heterocycles. The van der Waals surface area contributed by atoms with Gasteiger partial charge in [0.05, 0.1) is 5.52 Å². The van der Waals surface area contributed by atoms with Crippen molar-refractivity contribution < 1.29 is 8.78 Å². The van der Waals surface area contributed by atoms with Crippen molar-refractivity contribution in [2.45, 2.75) is 5.88 Å². The third kappa shape index (κ3) is 1.20. The number of aromatic amines is 1. The lowest BCUT2D eigenvalue weighted by atomic mass is 10.2. The first kappa shape index (κ1) is 8.51. The van der Waals surface area contributed by atoms with Crippen LogP contribution in [0.25, 0.3) is 10.9 Å². The van der Waals surface area contributed by atoms with Gasteiger partial charge in [0.1, 0.15) is 11.6 Å². The van der Waals surface area contributed by atoms with Crippen molar-refractivity contribution in [3.63, 3.8) is 0 Å². The Morgan fingerprint density at radius 1 is 1.23 bits per heavy atom. The highest BCUT2D eigenvalue weighted by atomic mass is 35.5. The molecule has 0 amide bonds. The maximum Gasteiger partial charge on any atom is 0.147 e. The summed E-state index contributed by atoms with van der Waals surface area (Å²) >= 11 is 5.56. The van der Waals surface area contributed by atoms with Crippen molar-refractivity contribution >= 4 is 22.5 Å². The Labute approximate surface area is 78.3 Å². The molecule has 4 heteroatoms. The second kappa shape index (κ2) is 3.00. The van der Waals surface area contributed by atoms with Crippen molar-refractivity contribution in [3.05, 3.63) is 35.5 Å². The number of hydrogen-bond donors (Lipinski definition) is 1. The Hall–Kier alpha value is -1.09. The van der Waals surface area contributed by atoms with E-state index in [1.54, 1.807) is 0 Å². The quantitative estimate of drug-likeness (QED) is 0.682. The first-order valence-corrected chi connectivity index (χ1v) is 4.27. The largest absolute Gasteiger partial charge is 0.358 e. The summed E-state index contributed by atoms with van der Waals surface area (Å²) in [4.78, 5) is 2.65. The van der Waals surface area contributed by atoms with E-state index in [1.165, 1.54) is 6.20 Å². The highest BCUT2D eigenvalue weighted by molar-refractivity contribution is 6.18. The minimum Gasteiger partial charge on any atom is -0.358 e. The zero-order chi connectivity index (χ0) is 9.42. The van der Waals surface area contributed by atoms with Crippen LogP contribution >= 0.6 is 11.6 Å². The van der Waals surface area contributed by atoms with Gasteiger partial charge in [-0.25, -0.2) is 8.78 Å². The van der Waals surface area contributed by atoms with Crippen LogP contribution in [0.3, 0.4) is 0 Å². The molecule has 0 spiro atoms. The zero-order valence-corrected chi connectivity index (χ0v) is 7.33. The van der Waals surface area contributed by atoms with Gasteiger partial charge in [0.15, 0.2) is 0 Å². The minimum atomic E-state index is -0.465. The molecule has 68 valence electrons. The summed E-state index contributed by atoms with van der Waals surface area (Å²) < 4.78 is 26.3. The van der Waals surface area contributed by atoms with Crippen LogP contribution in [0.4, 0.5) is 8.78 Å². The lowest BCUT2D eigenvalue weighted by molar-refractivity contribution is 0.616. The summed E-state index contributed by atoms with van der Waals surface area (Å²) in [5.41, 5.74) is 0.754. The second-order valence-electron chi connectivity index (χ2n) is 2.73. The third-order valence-corrected chi connectivity index (χ3v) is 2.25. The number of halogens is 3. The van der Waals surface area contributed by atoms with Gasteiger partial charge in [-0.1, -0.05) is 0 Å². The summed E-state index contributed by atoms with van der Waals surface area (Å²) in [5, 5.41) is 0.245. The summed E-state index contributed by atoms with van der Waals surface area (Å²) in [6, 6.07) is 2.19. The summed E-state index contributed by atoms with van der Waals surface area (Å²) in [5.74, 6) is -0.749. The molecule has 0 aliphatic rings. The molecule has 0 aliphatic carbocycles. The Morgan fingerprint density at radius 3 is 2.62 bits per heavy atom. The first-order valence-electron chi connectivity index (χ1n) is 3.74. The molecule has 0 atom stereocenters. The Balaban J connectivity index is 2.87. The Morgan fingerprint density at radius 2 is 1.92 bits per heavy atom. The maximum atomic E-state index is 13.2. The van der Waals surface area contributed by atoms with Crippen molar-refractivity contribution in [2.75, 3.05) is 0 Å². The molecule has 1 N–H and O–H groups in total. The highest BCUT2D eigenvalue weighted by Crippen LogP contribution is 2.24. The van der Waals surface area contributed by atoms with E-state index in [2.05, 4.69) is 4.98 Å². The number of rotatable bonds is 1. The van der Waals surface area contributed by atoms with E-state index < -0.39 is 11.6 Å². The van der Waals surface area contributed by atoms with E-state index in [9.17, 15) is 8.78 Å². The molecule has 13 heavy (non-hydrogen) atoms. The molecule has 1 aromatic carbocycles. The van der Waals surface area contributed by atoms with E-state index in [1.807, 2.05) is 0 Å². The van der Waals surface area contributed by atoms with Crippen molar-refractivity contribution in [3.8, 4) is 0 Å². The van der Waals surface area contributed by atoms with E-state index in [0.717, 1.165) is 12.1 Å². The van der Waals surface area contributed by atoms with Crippen LogP contribution in [0.5, 0.6) is 0 Å². The van der Waals surface area contributed by atoms with E-state index in [0.29, 0.717) is 5.56 Å². The standard InChI is InChI=1S/C9H6ClF2N/c10-3-5-4-13-9-7(12)2-1-6(11)8(5)9/h1-2,4,13H,3H2. The van der Waals surface area contributed by atoms with Crippen LogP contribution in [-0.4, -0.2) is 4.98 Å². The second-order valence-corrected chi connectivity index (χ2v) is 2.99. The van der Waals surface area contributed by atoms with Crippen LogP contribution in [0.15, 0.2) is 18.3 Å². The molecule has 0 bridgehead atoms. The molecular weight excluding hydrogens is 196 g/mol. The molecular formula is C9H6ClF2N. The van der Waals surface area contributed by atoms with Gasteiger partial charge in [-0.3, -0.25) is 0 Å². The van der Waals surface area contributed by atoms with E-state index >= 15 is 0 Å². The molecule has 0 saturated carbocycles. The van der Waals surface area contributed by atoms with Gasteiger partial charge in [0, 0.05) is 17.5 Å². The Kier molecular flexibility index (Phi) is 1.96. The summed E-state index contributed by atoms with van der Waals surface area (Å²) in [6.07, 6.45) is 1.52. The molecule has 0 fully saturated rings. The summed E-state index contributed by atoms with van der Waals surface area (Å²) in [6.45, 7) is 0. The molecule has 1 nitrogen and oxygen atoms in total. The lowest BCUT2D eigenvalue weighted by Crippen LogP contribution is -1.83. The maximum absolute atomic E-state index is 13.2. The van der Waals surface area contributed by atoms with E-state index in [4.69, 9.17) is 11.6 Å². The number of hydrogen-bond acceptors (Lipinski definition) is 0. The smallest absolute Gasteiger partial charge is 0.147 e. The number of alkyl halides is 1. The fourth-order valence-corrected chi connectivity index (χ4v) is 1.55. The lowest BCUT2D eigenvalue weighted by Gasteiger charge is -1.96. The molecule has 2 rings (SSSR count). The molecule has 0 saturated heterocycles. The fourth-order valence-electron chi connectivity index (χ4n) is 1.34. The van der Waals surface area contributed by atoms with Crippen LogP contribution in [-0.2, 0) is 5.88 Å². The third-order valence-electron chi connectivity index (χ3n) is 1.96. The monoisotopic (exact) mass is 201 g/mol. The van der Waals surface area contributed by atoms with Gasteiger partial charge in [-0.2, -0.15) is 0 Å². The molecule has 1 heterocycles. The average Bonchev–Trinajstić information content (AvgIpc) is 2.56. The first-order chi connectivity index (χ1) is 6.24.